The van der Waals surface area contributed by atoms with Crippen LogP contribution in [0.1, 0.15) is 38.7 Å². The van der Waals surface area contributed by atoms with Crippen molar-refractivity contribution in [1.29, 1.82) is 0 Å². The minimum Gasteiger partial charge on any atom is -0.355 e. The molecule has 0 aliphatic carbocycles. The molecule has 0 heterocycles. The van der Waals surface area contributed by atoms with Crippen LogP contribution in [0.25, 0.3) is 0 Å². The van der Waals surface area contributed by atoms with E-state index in [0.717, 1.165) is 5.56 Å². The number of nitrogens with two attached hydrogens (primary N) is 1. The van der Waals surface area contributed by atoms with E-state index in [2.05, 4.69) is 10.6 Å². The maximum absolute atomic E-state index is 12.1. The van der Waals surface area contributed by atoms with Crippen LogP contribution in [0, 0.1) is 0 Å². The van der Waals surface area contributed by atoms with Crippen molar-refractivity contribution in [3.8, 4) is 0 Å². The molecule has 2 amide bonds. The summed E-state index contributed by atoms with van der Waals surface area (Å²) in [6.45, 7) is 6.31. The number of hydrogen-bond donors (Lipinski definition) is 3. The van der Waals surface area contributed by atoms with Crippen molar-refractivity contribution in [2.24, 2.45) is 5.73 Å². The normalized spacial score (nSPS) is 12.6. The van der Waals surface area contributed by atoms with Gasteiger partial charge in [0, 0.05) is 25.0 Å². The predicted molar refractivity (Wildman–Crippen MR) is 83.8 cm³/mol. The molecule has 21 heavy (non-hydrogen) atoms. The monoisotopic (exact) mass is 291 g/mol. The third-order valence-corrected chi connectivity index (χ3v) is 2.92. The Bertz CT molecular complexity index is 466. The molecular weight excluding hydrogens is 266 g/mol. The summed E-state index contributed by atoms with van der Waals surface area (Å²) in [6.07, 6.45) is 0.259. The van der Waals surface area contributed by atoms with Crippen LogP contribution >= 0.6 is 0 Å². The van der Waals surface area contributed by atoms with Crippen molar-refractivity contribution in [2.75, 3.05) is 13.1 Å². The topological polar surface area (TPSA) is 84.2 Å². The lowest BCUT2D eigenvalue weighted by atomic mass is 9.98. The Hall–Kier alpha value is -1.88. The number of rotatable bonds is 6. The summed E-state index contributed by atoms with van der Waals surface area (Å²) < 4.78 is 0. The van der Waals surface area contributed by atoms with Gasteiger partial charge in [0.2, 0.25) is 11.8 Å². The van der Waals surface area contributed by atoms with E-state index in [0.29, 0.717) is 6.54 Å². The Labute approximate surface area is 126 Å². The van der Waals surface area contributed by atoms with Crippen LogP contribution in [0.4, 0.5) is 0 Å². The SMILES string of the molecule is CC(C)(C)NC(=O)CCNC(=O)C(CN)c1ccccc1. The van der Waals surface area contributed by atoms with Gasteiger partial charge in [-0.3, -0.25) is 9.59 Å². The van der Waals surface area contributed by atoms with Crippen molar-refractivity contribution >= 4 is 11.8 Å². The quantitative estimate of drug-likeness (QED) is 0.735. The minimum atomic E-state index is -0.378. The van der Waals surface area contributed by atoms with Crippen LogP contribution in [0.5, 0.6) is 0 Å². The fourth-order valence-electron chi connectivity index (χ4n) is 1.98. The summed E-state index contributed by atoms with van der Waals surface area (Å²) in [5.74, 6) is -0.601. The van der Waals surface area contributed by atoms with Gasteiger partial charge in [0.25, 0.3) is 0 Å². The standard InChI is InChI=1S/C16H25N3O2/c1-16(2,3)19-14(20)9-10-18-15(21)13(11-17)12-7-5-4-6-8-12/h4-8,13H,9-11,17H2,1-3H3,(H,18,21)(H,19,20). The van der Waals surface area contributed by atoms with E-state index < -0.39 is 0 Å². The lowest BCUT2D eigenvalue weighted by molar-refractivity contribution is -0.123. The number of benzene rings is 1. The van der Waals surface area contributed by atoms with Gasteiger partial charge in [-0.15, -0.1) is 0 Å². The molecule has 0 bridgehead atoms. The Morgan fingerprint density at radius 1 is 1.19 bits per heavy atom. The Morgan fingerprint density at radius 2 is 1.81 bits per heavy atom. The first-order valence-corrected chi connectivity index (χ1v) is 7.17. The molecule has 0 aliphatic rings. The zero-order chi connectivity index (χ0) is 15.9. The number of nitrogens with one attached hydrogen (secondary N) is 2. The Morgan fingerprint density at radius 3 is 2.33 bits per heavy atom. The molecule has 0 aromatic heterocycles. The molecule has 0 radical (unpaired) electrons. The van der Waals surface area contributed by atoms with Crippen LogP contribution in [0.3, 0.4) is 0 Å². The highest BCUT2D eigenvalue weighted by atomic mass is 16.2. The largest absolute Gasteiger partial charge is 0.355 e. The lowest BCUT2D eigenvalue weighted by Crippen LogP contribution is -2.42. The molecule has 1 aromatic rings. The number of carbonyl (C=O) groups is 2. The van der Waals surface area contributed by atoms with Gasteiger partial charge in [0.15, 0.2) is 0 Å². The van der Waals surface area contributed by atoms with E-state index in [1.807, 2.05) is 51.1 Å². The van der Waals surface area contributed by atoms with Crippen LogP contribution in [0.2, 0.25) is 0 Å². The van der Waals surface area contributed by atoms with Crippen LogP contribution in [-0.4, -0.2) is 30.4 Å². The second kappa shape index (κ2) is 7.78. The summed E-state index contributed by atoms with van der Waals surface area (Å²) in [7, 11) is 0. The Balaban J connectivity index is 2.44. The molecule has 5 heteroatoms. The highest BCUT2D eigenvalue weighted by Gasteiger charge is 2.19. The van der Waals surface area contributed by atoms with Crippen molar-refractivity contribution in [2.45, 2.75) is 38.6 Å². The van der Waals surface area contributed by atoms with Crippen LogP contribution in [0.15, 0.2) is 30.3 Å². The van der Waals surface area contributed by atoms with Crippen molar-refractivity contribution < 1.29 is 9.59 Å². The Kier molecular flexibility index (Phi) is 6.37. The van der Waals surface area contributed by atoms with Gasteiger partial charge in [-0.25, -0.2) is 0 Å². The average Bonchev–Trinajstić information content (AvgIpc) is 2.38. The van der Waals surface area contributed by atoms with E-state index in [9.17, 15) is 9.59 Å². The molecule has 4 N–H and O–H groups in total. The zero-order valence-electron chi connectivity index (χ0n) is 13.0. The van der Waals surface area contributed by atoms with Crippen molar-refractivity contribution in [3.63, 3.8) is 0 Å². The second-order valence-corrected chi connectivity index (χ2v) is 6.04. The average molecular weight is 291 g/mol. The number of hydrogen-bond acceptors (Lipinski definition) is 3. The highest BCUT2D eigenvalue weighted by molar-refractivity contribution is 5.84. The second-order valence-electron chi connectivity index (χ2n) is 6.04. The zero-order valence-corrected chi connectivity index (χ0v) is 13.0. The van der Waals surface area contributed by atoms with Crippen LogP contribution in [-0.2, 0) is 9.59 Å². The van der Waals surface area contributed by atoms with Gasteiger partial charge in [-0.2, -0.15) is 0 Å². The third kappa shape index (κ3) is 6.40. The first-order chi connectivity index (χ1) is 9.83. The van der Waals surface area contributed by atoms with Gasteiger partial charge >= 0.3 is 0 Å². The molecule has 0 fully saturated rings. The smallest absolute Gasteiger partial charge is 0.228 e. The van der Waals surface area contributed by atoms with Crippen LogP contribution < -0.4 is 16.4 Å². The summed E-state index contributed by atoms with van der Waals surface area (Å²) in [5.41, 5.74) is 6.31. The molecule has 1 aromatic carbocycles. The summed E-state index contributed by atoms with van der Waals surface area (Å²) >= 11 is 0. The molecule has 0 saturated heterocycles. The van der Waals surface area contributed by atoms with Gasteiger partial charge in [0.1, 0.15) is 0 Å². The molecular formula is C16H25N3O2. The summed E-state index contributed by atoms with van der Waals surface area (Å²) in [5, 5.41) is 5.62. The first kappa shape index (κ1) is 17.2. The van der Waals surface area contributed by atoms with E-state index in [1.54, 1.807) is 0 Å². The fraction of sp³-hybridized carbons (Fsp3) is 0.500. The molecule has 5 nitrogen and oxygen atoms in total. The first-order valence-electron chi connectivity index (χ1n) is 7.17. The molecule has 1 rings (SSSR count). The van der Waals surface area contributed by atoms with E-state index in [4.69, 9.17) is 5.73 Å². The molecule has 116 valence electrons. The van der Waals surface area contributed by atoms with Gasteiger partial charge < -0.3 is 16.4 Å². The minimum absolute atomic E-state index is 0.0770. The predicted octanol–water partition coefficient (Wildman–Crippen LogP) is 1.15. The van der Waals surface area contributed by atoms with Gasteiger partial charge in [-0.05, 0) is 26.3 Å². The van der Waals surface area contributed by atoms with Crippen molar-refractivity contribution in [3.05, 3.63) is 35.9 Å². The molecule has 0 aliphatic heterocycles. The fourth-order valence-corrected chi connectivity index (χ4v) is 1.98. The maximum atomic E-state index is 12.1. The van der Waals surface area contributed by atoms with E-state index >= 15 is 0 Å². The summed E-state index contributed by atoms with van der Waals surface area (Å²) in [4.78, 5) is 23.8. The summed E-state index contributed by atoms with van der Waals surface area (Å²) in [6, 6.07) is 9.41. The third-order valence-electron chi connectivity index (χ3n) is 2.92. The highest BCUT2D eigenvalue weighted by Crippen LogP contribution is 2.13. The number of amides is 2. The van der Waals surface area contributed by atoms with Gasteiger partial charge in [0.05, 0.1) is 5.92 Å². The van der Waals surface area contributed by atoms with Crippen molar-refractivity contribution in [1.82, 2.24) is 10.6 Å². The van der Waals surface area contributed by atoms with E-state index in [1.165, 1.54) is 0 Å². The lowest BCUT2D eigenvalue weighted by Gasteiger charge is -2.21. The molecule has 1 atom stereocenters. The van der Waals surface area contributed by atoms with Gasteiger partial charge in [-0.1, -0.05) is 30.3 Å². The molecule has 1 unspecified atom stereocenters. The molecule has 0 spiro atoms. The maximum Gasteiger partial charge on any atom is 0.228 e. The molecule has 0 saturated carbocycles. The number of carbonyl (C=O) groups excluding carboxylic acids is 2. The van der Waals surface area contributed by atoms with E-state index in [-0.39, 0.29) is 36.2 Å².